The highest BCUT2D eigenvalue weighted by molar-refractivity contribution is 7.90. The Morgan fingerprint density at radius 2 is 1.94 bits per heavy atom. The molecule has 0 saturated heterocycles. The lowest BCUT2D eigenvalue weighted by Crippen LogP contribution is -2.28. The number of carbonyl (C=O) groups is 1. The number of esters is 1. The summed E-state index contributed by atoms with van der Waals surface area (Å²) in [5.41, 5.74) is 1.89. The van der Waals surface area contributed by atoms with Crippen LogP contribution in [0, 0.1) is 6.92 Å². The van der Waals surface area contributed by atoms with E-state index in [2.05, 4.69) is 4.72 Å². The first-order valence-corrected chi connectivity index (χ1v) is 11.0. The first kappa shape index (κ1) is 22.8. The standard InChI is InChI=1S/C21H21ClN2O6S/c1-12-16-10-18(22)20(29-13(2)25)11-19(16)30-21(26)17(12)9-14-6-5-7-15(8-14)23-31(27,28)24(3)4/h5-8,10-11,23H,9H2,1-4H3. The van der Waals surface area contributed by atoms with Gasteiger partial charge < -0.3 is 9.15 Å². The van der Waals surface area contributed by atoms with Crippen molar-refractivity contribution in [1.82, 2.24) is 4.31 Å². The zero-order chi connectivity index (χ0) is 22.9. The summed E-state index contributed by atoms with van der Waals surface area (Å²) in [5, 5.41) is 0.825. The van der Waals surface area contributed by atoms with Gasteiger partial charge in [-0.05, 0) is 36.2 Å². The van der Waals surface area contributed by atoms with Gasteiger partial charge in [0.2, 0.25) is 0 Å². The van der Waals surface area contributed by atoms with Crippen LogP contribution in [0.15, 0.2) is 45.6 Å². The van der Waals surface area contributed by atoms with Crippen molar-refractivity contribution in [3.05, 3.63) is 68.5 Å². The summed E-state index contributed by atoms with van der Waals surface area (Å²) in [6.07, 6.45) is 0.227. The lowest BCUT2D eigenvalue weighted by Gasteiger charge is -2.14. The van der Waals surface area contributed by atoms with Crippen LogP contribution in [0.5, 0.6) is 5.75 Å². The summed E-state index contributed by atoms with van der Waals surface area (Å²) in [4.78, 5) is 23.9. The van der Waals surface area contributed by atoms with E-state index in [1.807, 2.05) is 0 Å². The maximum absolute atomic E-state index is 12.7. The van der Waals surface area contributed by atoms with Crippen LogP contribution in [-0.4, -0.2) is 32.8 Å². The van der Waals surface area contributed by atoms with Gasteiger partial charge in [-0.3, -0.25) is 9.52 Å². The fourth-order valence-electron chi connectivity index (χ4n) is 3.02. The van der Waals surface area contributed by atoms with Gasteiger partial charge in [-0.15, -0.1) is 0 Å². The largest absolute Gasteiger partial charge is 0.425 e. The average molecular weight is 465 g/mol. The molecule has 0 spiro atoms. The summed E-state index contributed by atoms with van der Waals surface area (Å²) in [7, 11) is -0.802. The zero-order valence-corrected chi connectivity index (χ0v) is 18.9. The van der Waals surface area contributed by atoms with E-state index >= 15 is 0 Å². The van der Waals surface area contributed by atoms with E-state index in [0.717, 1.165) is 9.87 Å². The number of benzene rings is 2. The second kappa shape index (κ2) is 8.70. The maximum Gasteiger partial charge on any atom is 0.340 e. The fraction of sp³-hybridized carbons (Fsp3) is 0.238. The predicted octanol–water partition coefficient (Wildman–Crippen LogP) is 3.49. The third-order valence-electron chi connectivity index (χ3n) is 4.63. The van der Waals surface area contributed by atoms with Gasteiger partial charge in [0.25, 0.3) is 0 Å². The number of carbonyl (C=O) groups excluding carboxylic acids is 1. The molecule has 2 aromatic carbocycles. The molecule has 0 unspecified atom stereocenters. The molecule has 0 fully saturated rings. The second-order valence-corrected chi connectivity index (χ2v) is 9.42. The van der Waals surface area contributed by atoms with E-state index in [1.165, 1.54) is 27.1 Å². The van der Waals surface area contributed by atoms with Crippen molar-refractivity contribution >= 4 is 44.4 Å². The summed E-state index contributed by atoms with van der Waals surface area (Å²) < 4.78 is 38.1. The van der Waals surface area contributed by atoms with Gasteiger partial charge in [-0.2, -0.15) is 12.7 Å². The highest BCUT2D eigenvalue weighted by Gasteiger charge is 2.17. The minimum Gasteiger partial charge on any atom is -0.425 e. The Labute approximate surface area is 184 Å². The minimum absolute atomic E-state index is 0.109. The third kappa shape index (κ3) is 5.07. The number of rotatable bonds is 6. The van der Waals surface area contributed by atoms with Crippen molar-refractivity contribution in [2.45, 2.75) is 20.3 Å². The van der Waals surface area contributed by atoms with Crippen LogP contribution in [0.25, 0.3) is 11.0 Å². The molecule has 0 atom stereocenters. The van der Waals surface area contributed by atoms with Crippen LogP contribution in [0.1, 0.15) is 23.6 Å². The average Bonchev–Trinajstić information content (AvgIpc) is 2.66. The molecule has 0 aliphatic heterocycles. The Kier molecular flexibility index (Phi) is 6.40. The third-order valence-corrected chi connectivity index (χ3v) is 6.38. The van der Waals surface area contributed by atoms with Gasteiger partial charge in [0.1, 0.15) is 5.58 Å². The van der Waals surface area contributed by atoms with E-state index in [4.69, 9.17) is 20.8 Å². The molecule has 0 aliphatic rings. The molecule has 0 amide bonds. The molecule has 0 radical (unpaired) electrons. The number of nitrogens with one attached hydrogen (secondary N) is 1. The Morgan fingerprint density at radius 1 is 1.23 bits per heavy atom. The lowest BCUT2D eigenvalue weighted by atomic mass is 9.99. The predicted molar refractivity (Wildman–Crippen MR) is 119 cm³/mol. The van der Waals surface area contributed by atoms with E-state index in [0.29, 0.717) is 22.2 Å². The molecule has 3 aromatic rings. The maximum atomic E-state index is 12.7. The van der Waals surface area contributed by atoms with Crippen LogP contribution >= 0.6 is 11.6 Å². The summed E-state index contributed by atoms with van der Waals surface area (Å²) in [5.74, 6) is -0.431. The SMILES string of the molecule is CC(=O)Oc1cc2oc(=O)c(Cc3cccc(NS(=O)(=O)N(C)C)c3)c(C)c2cc1Cl. The Morgan fingerprint density at radius 3 is 2.58 bits per heavy atom. The van der Waals surface area contributed by atoms with Crippen LogP contribution in [-0.2, 0) is 21.4 Å². The van der Waals surface area contributed by atoms with Crippen molar-refractivity contribution in [2.75, 3.05) is 18.8 Å². The van der Waals surface area contributed by atoms with E-state index < -0.39 is 21.8 Å². The summed E-state index contributed by atoms with van der Waals surface area (Å²) in [6, 6.07) is 9.75. The van der Waals surface area contributed by atoms with Gasteiger partial charge in [-0.1, -0.05) is 23.7 Å². The fourth-order valence-corrected chi connectivity index (χ4v) is 3.83. The number of hydrogen-bond donors (Lipinski definition) is 1. The molecular weight excluding hydrogens is 444 g/mol. The highest BCUT2D eigenvalue weighted by atomic mass is 35.5. The van der Waals surface area contributed by atoms with Crippen LogP contribution < -0.4 is 15.1 Å². The lowest BCUT2D eigenvalue weighted by molar-refractivity contribution is -0.131. The van der Waals surface area contributed by atoms with Crippen molar-refractivity contribution in [3.63, 3.8) is 0 Å². The molecule has 0 bridgehead atoms. The molecule has 1 aromatic heterocycles. The molecule has 1 N–H and O–H groups in total. The van der Waals surface area contributed by atoms with Gasteiger partial charge in [-0.25, -0.2) is 4.79 Å². The molecular formula is C21H21ClN2O6S. The number of ether oxygens (including phenoxy) is 1. The van der Waals surface area contributed by atoms with Gasteiger partial charge in [0.05, 0.1) is 10.7 Å². The van der Waals surface area contributed by atoms with Crippen molar-refractivity contribution in [1.29, 1.82) is 0 Å². The van der Waals surface area contributed by atoms with E-state index in [1.54, 1.807) is 37.3 Å². The molecule has 0 aliphatic carbocycles. The topological polar surface area (TPSA) is 106 Å². The quantitative estimate of drug-likeness (QED) is 0.340. The number of fused-ring (bicyclic) bond motifs is 1. The molecule has 8 nitrogen and oxygen atoms in total. The molecule has 10 heteroatoms. The van der Waals surface area contributed by atoms with Gasteiger partial charge in [0.15, 0.2) is 5.75 Å². The number of halogens is 1. The highest BCUT2D eigenvalue weighted by Crippen LogP contribution is 2.32. The molecule has 0 saturated carbocycles. The summed E-state index contributed by atoms with van der Waals surface area (Å²) >= 11 is 6.21. The Hall–Kier alpha value is -2.88. The number of anilines is 1. The van der Waals surface area contributed by atoms with Crippen molar-refractivity contribution in [3.8, 4) is 5.75 Å². The zero-order valence-electron chi connectivity index (χ0n) is 17.4. The first-order valence-electron chi connectivity index (χ1n) is 9.21. The molecule has 3 rings (SSSR count). The molecule has 164 valence electrons. The summed E-state index contributed by atoms with van der Waals surface area (Å²) in [6.45, 7) is 3.02. The first-order chi connectivity index (χ1) is 14.5. The monoisotopic (exact) mass is 464 g/mol. The van der Waals surface area contributed by atoms with E-state index in [-0.39, 0.29) is 22.8 Å². The van der Waals surface area contributed by atoms with Crippen LogP contribution in [0.2, 0.25) is 5.02 Å². The minimum atomic E-state index is -3.65. The van der Waals surface area contributed by atoms with E-state index in [9.17, 15) is 18.0 Å². The van der Waals surface area contributed by atoms with Crippen LogP contribution in [0.3, 0.4) is 0 Å². The Bertz CT molecular complexity index is 1330. The molecule has 1 heterocycles. The Balaban J connectivity index is 2.00. The molecule has 31 heavy (non-hydrogen) atoms. The number of hydrogen-bond acceptors (Lipinski definition) is 6. The van der Waals surface area contributed by atoms with Gasteiger partial charge in [0, 0.05) is 44.5 Å². The smallest absolute Gasteiger partial charge is 0.340 e. The number of nitrogens with zero attached hydrogens (tertiary/aromatic N) is 1. The number of aryl methyl sites for hydroxylation is 1. The second-order valence-electron chi connectivity index (χ2n) is 7.13. The van der Waals surface area contributed by atoms with Crippen LogP contribution in [0.4, 0.5) is 5.69 Å². The van der Waals surface area contributed by atoms with Crippen molar-refractivity contribution in [2.24, 2.45) is 0 Å². The van der Waals surface area contributed by atoms with Crippen molar-refractivity contribution < 1.29 is 22.4 Å². The van der Waals surface area contributed by atoms with Gasteiger partial charge >= 0.3 is 21.8 Å². The normalized spacial score (nSPS) is 11.7.